The molecule has 2 atom stereocenters. The van der Waals surface area contributed by atoms with Crippen molar-refractivity contribution in [3.63, 3.8) is 0 Å². The highest BCUT2D eigenvalue weighted by atomic mass is 16.6. The zero-order valence-corrected chi connectivity index (χ0v) is 10.9. The highest BCUT2D eigenvalue weighted by Gasteiger charge is 2.20. The Kier molecular flexibility index (Phi) is 4.78. The first-order valence-electron chi connectivity index (χ1n) is 6.36. The van der Waals surface area contributed by atoms with E-state index in [4.69, 9.17) is 14.2 Å². The summed E-state index contributed by atoms with van der Waals surface area (Å²) in [5.41, 5.74) is 0. The van der Waals surface area contributed by atoms with Crippen LogP contribution in [0.3, 0.4) is 0 Å². The molecule has 1 saturated heterocycles. The summed E-state index contributed by atoms with van der Waals surface area (Å²) in [6.07, 6.45) is 1.98. The molecule has 1 aliphatic rings. The summed E-state index contributed by atoms with van der Waals surface area (Å²) < 4.78 is 16.9. The molecule has 0 amide bonds. The summed E-state index contributed by atoms with van der Waals surface area (Å²) in [7, 11) is 0. The average Bonchev–Trinajstić information content (AvgIpc) is 2.38. The van der Waals surface area contributed by atoms with Gasteiger partial charge in [-0.3, -0.25) is 0 Å². The van der Waals surface area contributed by atoms with E-state index in [1.807, 2.05) is 26.0 Å². The van der Waals surface area contributed by atoms with Crippen molar-refractivity contribution in [3.8, 4) is 11.6 Å². The van der Waals surface area contributed by atoms with E-state index in [0.717, 1.165) is 13.1 Å². The summed E-state index contributed by atoms with van der Waals surface area (Å²) in [5.74, 6) is 1.21. The van der Waals surface area contributed by atoms with Crippen LogP contribution in [-0.4, -0.2) is 43.5 Å². The van der Waals surface area contributed by atoms with Gasteiger partial charge in [0.1, 0.15) is 12.7 Å². The fourth-order valence-corrected chi connectivity index (χ4v) is 1.89. The van der Waals surface area contributed by atoms with E-state index in [2.05, 4.69) is 10.3 Å². The molecule has 18 heavy (non-hydrogen) atoms. The number of hydrogen-bond acceptors (Lipinski definition) is 5. The lowest BCUT2D eigenvalue weighted by atomic mass is 10.2. The van der Waals surface area contributed by atoms with Crippen molar-refractivity contribution < 1.29 is 14.2 Å². The van der Waals surface area contributed by atoms with Gasteiger partial charge in [0.05, 0.1) is 12.7 Å². The lowest BCUT2D eigenvalue weighted by Gasteiger charge is -2.28. The molecule has 2 heterocycles. The van der Waals surface area contributed by atoms with E-state index in [-0.39, 0.29) is 12.2 Å². The quantitative estimate of drug-likeness (QED) is 0.854. The van der Waals surface area contributed by atoms with Crippen LogP contribution in [0, 0.1) is 0 Å². The first-order chi connectivity index (χ1) is 8.79. The topological polar surface area (TPSA) is 52.6 Å². The van der Waals surface area contributed by atoms with Gasteiger partial charge in [-0.25, -0.2) is 4.98 Å². The number of nitrogens with one attached hydrogen (secondary N) is 1. The van der Waals surface area contributed by atoms with Gasteiger partial charge in [-0.15, -0.1) is 0 Å². The first-order valence-corrected chi connectivity index (χ1v) is 6.36. The second kappa shape index (κ2) is 6.56. The number of rotatable bonds is 5. The van der Waals surface area contributed by atoms with E-state index >= 15 is 0 Å². The maximum Gasteiger partial charge on any atom is 0.257 e. The van der Waals surface area contributed by atoms with Gasteiger partial charge in [-0.05, 0) is 26.0 Å². The van der Waals surface area contributed by atoms with Gasteiger partial charge in [0.15, 0.2) is 5.75 Å². The van der Waals surface area contributed by atoms with Crippen molar-refractivity contribution >= 4 is 0 Å². The second-order valence-corrected chi connectivity index (χ2v) is 4.28. The van der Waals surface area contributed by atoms with Crippen LogP contribution in [0.2, 0.25) is 0 Å². The Morgan fingerprint density at radius 1 is 1.44 bits per heavy atom. The monoisotopic (exact) mass is 252 g/mol. The van der Waals surface area contributed by atoms with Crippen LogP contribution in [0.15, 0.2) is 18.3 Å². The normalized spacial score (nSPS) is 23.7. The molecular weight excluding hydrogens is 232 g/mol. The molecule has 2 rings (SSSR count). The van der Waals surface area contributed by atoms with Crippen LogP contribution in [0.5, 0.6) is 11.6 Å². The van der Waals surface area contributed by atoms with Crippen LogP contribution in [0.1, 0.15) is 13.8 Å². The minimum Gasteiger partial charge on any atom is -0.488 e. The predicted molar refractivity (Wildman–Crippen MR) is 68.1 cm³/mol. The third kappa shape index (κ3) is 3.58. The van der Waals surface area contributed by atoms with Gasteiger partial charge < -0.3 is 19.5 Å². The molecule has 0 spiro atoms. The predicted octanol–water partition coefficient (Wildman–Crippen LogP) is 1.24. The Balaban J connectivity index is 1.89. The fourth-order valence-electron chi connectivity index (χ4n) is 1.89. The molecule has 0 aliphatic carbocycles. The maximum atomic E-state index is 5.75. The van der Waals surface area contributed by atoms with Crippen molar-refractivity contribution in [1.29, 1.82) is 0 Å². The van der Waals surface area contributed by atoms with Crippen LogP contribution in [-0.2, 0) is 4.74 Å². The molecule has 0 aromatic carbocycles. The summed E-state index contributed by atoms with van der Waals surface area (Å²) in [5, 5.41) is 3.30. The Labute approximate surface area is 107 Å². The van der Waals surface area contributed by atoms with Crippen molar-refractivity contribution in [2.24, 2.45) is 0 Å². The second-order valence-electron chi connectivity index (χ2n) is 4.28. The molecule has 0 saturated carbocycles. The van der Waals surface area contributed by atoms with Gasteiger partial charge in [0.25, 0.3) is 5.88 Å². The molecule has 0 bridgehead atoms. The number of pyridine rings is 1. The van der Waals surface area contributed by atoms with Gasteiger partial charge in [0.2, 0.25) is 0 Å². The highest BCUT2D eigenvalue weighted by molar-refractivity contribution is 5.32. The van der Waals surface area contributed by atoms with Gasteiger partial charge >= 0.3 is 0 Å². The van der Waals surface area contributed by atoms with Crippen molar-refractivity contribution in [3.05, 3.63) is 18.3 Å². The lowest BCUT2D eigenvalue weighted by molar-refractivity contribution is -0.0479. The zero-order valence-electron chi connectivity index (χ0n) is 10.9. The van der Waals surface area contributed by atoms with Crippen molar-refractivity contribution in [2.45, 2.75) is 26.1 Å². The van der Waals surface area contributed by atoms with E-state index in [9.17, 15) is 0 Å². The van der Waals surface area contributed by atoms with Gasteiger partial charge in [0, 0.05) is 19.3 Å². The lowest BCUT2D eigenvalue weighted by Crippen LogP contribution is -2.45. The third-order valence-corrected chi connectivity index (χ3v) is 2.67. The Morgan fingerprint density at radius 2 is 2.33 bits per heavy atom. The number of ether oxygens (including phenoxy) is 3. The molecule has 1 fully saturated rings. The van der Waals surface area contributed by atoms with E-state index in [1.54, 1.807) is 6.20 Å². The fraction of sp³-hybridized carbons (Fsp3) is 0.615. The van der Waals surface area contributed by atoms with Crippen LogP contribution in [0.4, 0.5) is 0 Å². The largest absolute Gasteiger partial charge is 0.488 e. The Bertz CT molecular complexity index is 373. The molecule has 1 N–H and O–H groups in total. The molecule has 5 nitrogen and oxygen atoms in total. The summed E-state index contributed by atoms with van der Waals surface area (Å²) in [4.78, 5) is 4.18. The molecular formula is C13H20N2O3. The zero-order chi connectivity index (χ0) is 12.8. The van der Waals surface area contributed by atoms with E-state index in [1.165, 1.54) is 0 Å². The number of nitrogens with zero attached hydrogens (tertiary/aromatic N) is 1. The molecule has 100 valence electrons. The van der Waals surface area contributed by atoms with Crippen molar-refractivity contribution in [2.75, 3.05) is 26.3 Å². The minimum atomic E-state index is 0.0604. The minimum absolute atomic E-state index is 0.0604. The molecule has 0 radical (unpaired) electrons. The van der Waals surface area contributed by atoms with E-state index in [0.29, 0.717) is 24.8 Å². The molecule has 2 unspecified atom stereocenters. The number of aromatic nitrogens is 1. The SMILES string of the molecule is CCOc1cccnc1OCC1CNCC(C)O1. The van der Waals surface area contributed by atoms with Crippen LogP contribution in [0.25, 0.3) is 0 Å². The summed E-state index contributed by atoms with van der Waals surface area (Å²) in [6.45, 7) is 6.76. The molecule has 1 aromatic rings. The van der Waals surface area contributed by atoms with E-state index < -0.39 is 0 Å². The van der Waals surface area contributed by atoms with Gasteiger partial charge in [-0.2, -0.15) is 0 Å². The first kappa shape index (κ1) is 13.1. The summed E-state index contributed by atoms with van der Waals surface area (Å²) >= 11 is 0. The van der Waals surface area contributed by atoms with Crippen LogP contribution < -0.4 is 14.8 Å². The Morgan fingerprint density at radius 3 is 3.11 bits per heavy atom. The summed E-state index contributed by atoms with van der Waals surface area (Å²) in [6, 6.07) is 3.69. The van der Waals surface area contributed by atoms with Crippen molar-refractivity contribution in [1.82, 2.24) is 10.3 Å². The third-order valence-electron chi connectivity index (χ3n) is 2.67. The maximum absolute atomic E-state index is 5.75. The standard InChI is InChI=1S/C13H20N2O3/c1-3-16-12-5-4-6-15-13(12)17-9-11-8-14-7-10(2)18-11/h4-6,10-11,14H,3,7-9H2,1-2H3. The van der Waals surface area contributed by atoms with Crippen LogP contribution >= 0.6 is 0 Å². The Hall–Kier alpha value is -1.33. The molecule has 5 heteroatoms. The number of hydrogen-bond donors (Lipinski definition) is 1. The number of morpholine rings is 1. The molecule has 1 aliphatic heterocycles. The smallest absolute Gasteiger partial charge is 0.257 e. The molecule has 1 aromatic heterocycles. The highest BCUT2D eigenvalue weighted by Crippen LogP contribution is 2.23. The van der Waals surface area contributed by atoms with Gasteiger partial charge in [-0.1, -0.05) is 0 Å². The average molecular weight is 252 g/mol.